The molecule has 132 valence electrons. The monoisotopic (exact) mass is 349 g/mol. The number of anilines is 1. The molecule has 1 heterocycles. The highest BCUT2D eigenvalue weighted by Gasteiger charge is 2.64. The van der Waals surface area contributed by atoms with Crippen LogP contribution in [0.1, 0.15) is 56.6 Å². The first kappa shape index (κ1) is 17.8. The summed E-state index contributed by atoms with van der Waals surface area (Å²) < 4.78 is 0.991. The minimum atomic E-state index is -0.197. The van der Waals surface area contributed by atoms with Gasteiger partial charge in [-0.1, -0.05) is 11.6 Å². The average Bonchev–Trinajstić information content (AvgIpc) is 3.34. The van der Waals surface area contributed by atoms with E-state index in [2.05, 4.69) is 12.2 Å². The van der Waals surface area contributed by atoms with E-state index in [-0.39, 0.29) is 11.4 Å². The van der Waals surface area contributed by atoms with E-state index in [0.717, 1.165) is 58.8 Å². The molecule has 0 radical (unpaired) electrons. The van der Waals surface area contributed by atoms with Gasteiger partial charge >= 0.3 is 0 Å². The Morgan fingerprint density at radius 1 is 1.12 bits per heavy atom. The zero-order valence-electron chi connectivity index (χ0n) is 15.3. The van der Waals surface area contributed by atoms with Gasteiger partial charge in [0.15, 0.2) is 5.54 Å². The molecular formula is C20H30ClN2O+. The maximum atomic E-state index is 13.3. The summed E-state index contributed by atoms with van der Waals surface area (Å²) in [4.78, 5) is 13.3. The van der Waals surface area contributed by atoms with E-state index in [1.807, 2.05) is 26.0 Å². The van der Waals surface area contributed by atoms with Crippen LogP contribution in [0.25, 0.3) is 0 Å². The molecule has 24 heavy (non-hydrogen) atoms. The van der Waals surface area contributed by atoms with Crippen LogP contribution in [-0.4, -0.2) is 35.6 Å². The van der Waals surface area contributed by atoms with Crippen LogP contribution >= 0.6 is 11.6 Å². The first-order chi connectivity index (χ1) is 11.4. The molecule has 1 saturated heterocycles. The fourth-order valence-corrected chi connectivity index (χ4v) is 5.04. The highest BCUT2D eigenvalue weighted by Crippen LogP contribution is 2.49. The fourth-order valence-electron chi connectivity index (χ4n) is 4.71. The van der Waals surface area contributed by atoms with Gasteiger partial charge < -0.3 is 9.80 Å². The number of quaternary nitrogens is 1. The minimum Gasteiger partial charge on any atom is -0.320 e. The Morgan fingerprint density at radius 3 is 2.12 bits per heavy atom. The number of hydrogen-bond acceptors (Lipinski definition) is 1. The maximum Gasteiger partial charge on any atom is 0.285 e. The Kier molecular flexibility index (Phi) is 4.94. The highest BCUT2D eigenvalue weighted by atomic mass is 35.5. The third-order valence-electron chi connectivity index (χ3n) is 6.32. The van der Waals surface area contributed by atoms with Gasteiger partial charge in [-0.3, -0.25) is 4.79 Å². The Labute approximate surface area is 151 Å². The Morgan fingerprint density at radius 2 is 1.67 bits per heavy atom. The van der Waals surface area contributed by atoms with Crippen molar-refractivity contribution in [3.8, 4) is 0 Å². The number of likely N-dealkylation sites (tertiary alicyclic amines) is 1. The molecule has 2 aliphatic rings. The van der Waals surface area contributed by atoms with Crippen molar-refractivity contribution in [2.24, 2.45) is 0 Å². The van der Waals surface area contributed by atoms with Gasteiger partial charge in [-0.2, -0.15) is 0 Å². The van der Waals surface area contributed by atoms with Crippen molar-refractivity contribution in [2.45, 2.75) is 64.8 Å². The first-order valence-corrected chi connectivity index (χ1v) is 9.76. The van der Waals surface area contributed by atoms with E-state index >= 15 is 0 Å². The zero-order valence-corrected chi connectivity index (χ0v) is 16.0. The second-order valence-corrected chi connectivity index (χ2v) is 8.16. The zero-order chi connectivity index (χ0) is 17.4. The number of likely N-dealkylation sites (N-methyl/N-ethyl adjacent to an activating group) is 1. The van der Waals surface area contributed by atoms with E-state index in [1.165, 1.54) is 25.7 Å². The Bertz CT molecular complexity index is 606. The van der Waals surface area contributed by atoms with Crippen LogP contribution in [0.3, 0.4) is 0 Å². The molecule has 0 bridgehead atoms. The third kappa shape index (κ3) is 2.97. The number of rotatable bonds is 4. The lowest BCUT2D eigenvalue weighted by atomic mass is 10.1. The van der Waals surface area contributed by atoms with Gasteiger partial charge in [0.1, 0.15) is 0 Å². The van der Waals surface area contributed by atoms with Gasteiger partial charge in [0.2, 0.25) is 0 Å². The van der Waals surface area contributed by atoms with Gasteiger partial charge in [0.25, 0.3) is 5.91 Å². The molecule has 1 aromatic rings. The van der Waals surface area contributed by atoms with Crippen LogP contribution in [0.2, 0.25) is 5.02 Å². The molecule has 4 heteroatoms. The van der Waals surface area contributed by atoms with Crippen LogP contribution in [-0.2, 0) is 4.79 Å². The van der Waals surface area contributed by atoms with E-state index in [9.17, 15) is 4.79 Å². The molecule has 3 nitrogen and oxygen atoms in total. The van der Waals surface area contributed by atoms with Crippen molar-refractivity contribution in [3.63, 3.8) is 0 Å². The summed E-state index contributed by atoms with van der Waals surface area (Å²) >= 11 is 6.13. The number of carbonyl (C=O) groups is 1. The van der Waals surface area contributed by atoms with Crippen LogP contribution < -0.4 is 5.32 Å². The van der Waals surface area contributed by atoms with E-state index in [1.54, 1.807) is 0 Å². The highest BCUT2D eigenvalue weighted by molar-refractivity contribution is 6.30. The number of nitrogens with zero attached hydrogens (tertiary/aromatic N) is 1. The molecule has 0 aromatic heterocycles. The average molecular weight is 350 g/mol. The summed E-state index contributed by atoms with van der Waals surface area (Å²) in [6, 6.07) is 3.86. The second kappa shape index (κ2) is 6.68. The summed E-state index contributed by atoms with van der Waals surface area (Å²) in [5.41, 5.74) is 2.84. The molecule has 2 fully saturated rings. The standard InChI is InChI=1S/C20H29ClN2O/c1-4-23(11-7-5-6-8-12-23)20(9-10-20)19(24)22-18-15(2)13-17(21)14-16(18)3/h13-14H,4-12H2,1-3H3/p+1. The molecule has 0 spiro atoms. The third-order valence-corrected chi connectivity index (χ3v) is 6.54. The van der Waals surface area contributed by atoms with E-state index < -0.39 is 0 Å². The van der Waals surface area contributed by atoms with Crippen LogP contribution in [0.5, 0.6) is 0 Å². The quantitative estimate of drug-likeness (QED) is 0.774. The van der Waals surface area contributed by atoms with Crippen molar-refractivity contribution in [1.29, 1.82) is 0 Å². The lowest BCUT2D eigenvalue weighted by molar-refractivity contribution is -0.950. The van der Waals surface area contributed by atoms with Gasteiger partial charge in [0, 0.05) is 23.6 Å². The van der Waals surface area contributed by atoms with Crippen molar-refractivity contribution in [3.05, 3.63) is 28.3 Å². The largest absolute Gasteiger partial charge is 0.320 e. The lowest BCUT2D eigenvalue weighted by Gasteiger charge is -2.43. The van der Waals surface area contributed by atoms with Crippen LogP contribution in [0, 0.1) is 13.8 Å². The van der Waals surface area contributed by atoms with Gasteiger partial charge in [-0.05, 0) is 69.7 Å². The summed E-state index contributed by atoms with van der Waals surface area (Å²) in [5, 5.41) is 4.00. The van der Waals surface area contributed by atoms with Crippen LogP contribution in [0.15, 0.2) is 12.1 Å². The SMILES string of the molecule is CC[N+]1(C2(C(=O)Nc3c(C)cc(Cl)cc3C)CC2)CCCCCC1. The molecular weight excluding hydrogens is 320 g/mol. The number of hydrogen-bond donors (Lipinski definition) is 1. The van der Waals surface area contributed by atoms with Gasteiger partial charge in [0.05, 0.1) is 19.6 Å². The topological polar surface area (TPSA) is 29.1 Å². The first-order valence-electron chi connectivity index (χ1n) is 9.38. The number of amides is 1. The number of halogens is 1. The summed E-state index contributed by atoms with van der Waals surface area (Å²) in [6.07, 6.45) is 7.18. The molecule has 1 amide bonds. The van der Waals surface area contributed by atoms with Crippen molar-refractivity contribution >= 4 is 23.2 Å². The smallest absolute Gasteiger partial charge is 0.285 e. The molecule has 1 aliphatic carbocycles. The van der Waals surface area contributed by atoms with E-state index in [4.69, 9.17) is 11.6 Å². The number of carbonyl (C=O) groups excluding carboxylic acids is 1. The predicted molar refractivity (Wildman–Crippen MR) is 101 cm³/mol. The van der Waals surface area contributed by atoms with Gasteiger partial charge in [-0.25, -0.2) is 0 Å². The van der Waals surface area contributed by atoms with Gasteiger partial charge in [-0.15, -0.1) is 0 Å². The van der Waals surface area contributed by atoms with Crippen molar-refractivity contribution in [2.75, 3.05) is 25.0 Å². The summed E-state index contributed by atoms with van der Waals surface area (Å²) in [5.74, 6) is 0.222. The lowest BCUT2D eigenvalue weighted by Crippen LogP contribution is -2.62. The summed E-state index contributed by atoms with van der Waals surface area (Å²) in [6.45, 7) is 9.67. The fraction of sp³-hybridized carbons (Fsp3) is 0.650. The molecule has 1 N–H and O–H groups in total. The maximum absolute atomic E-state index is 13.3. The summed E-state index contributed by atoms with van der Waals surface area (Å²) in [7, 11) is 0. The normalized spacial score (nSPS) is 21.8. The second-order valence-electron chi connectivity index (χ2n) is 7.72. The predicted octanol–water partition coefficient (Wildman–Crippen LogP) is 4.84. The van der Waals surface area contributed by atoms with E-state index in [0.29, 0.717) is 0 Å². The molecule has 1 aromatic carbocycles. The molecule has 0 unspecified atom stereocenters. The molecule has 1 saturated carbocycles. The number of nitrogens with one attached hydrogen (secondary N) is 1. The molecule has 0 atom stereocenters. The minimum absolute atomic E-state index is 0.197. The number of aryl methyl sites for hydroxylation is 2. The number of benzene rings is 1. The Balaban J connectivity index is 1.86. The van der Waals surface area contributed by atoms with Crippen molar-refractivity contribution in [1.82, 2.24) is 0 Å². The Hall–Kier alpha value is -1.06. The molecule has 1 aliphatic heterocycles. The molecule has 3 rings (SSSR count). The van der Waals surface area contributed by atoms with Crippen molar-refractivity contribution < 1.29 is 9.28 Å². The van der Waals surface area contributed by atoms with Crippen LogP contribution in [0.4, 0.5) is 5.69 Å².